The molecule has 3 aromatic rings. The summed E-state index contributed by atoms with van der Waals surface area (Å²) in [4.78, 5) is 8.03. The molecule has 1 N–H and O–H groups in total. The first kappa shape index (κ1) is 13.3. The van der Waals surface area contributed by atoms with Gasteiger partial charge in [-0.2, -0.15) is 24.8 Å². The lowest BCUT2D eigenvalue weighted by molar-refractivity contribution is 0.624. The number of rotatable bonds is 2. The topological polar surface area (TPSA) is 78.9 Å². The quantitative estimate of drug-likeness (QED) is 0.736. The normalized spacial score (nSPS) is 10.6. The van der Waals surface area contributed by atoms with Crippen LogP contribution in [0.5, 0.6) is 0 Å². The molecule has 0 atom stereocenters. The largest absolute Gasteiger partial charge is 0.339 e. The average Bonchev–Trinajstić information content (AvgIpc) is 2.92. The maximum atomic E-state index is 13.7. The van der Waals surface area contributed by atoms with Gasteiger partial charge in [-0.1, -0.05) is 17.7 Å². The van der Waals surface area contributed by atoms with Gasteiger partial charge in [0.15, 0.2) is 0 Å². The van der Waals surface area contributed by atoms with Crippen molar-refractivity contribution in [2.75, 3.05) is 5.32 Å². The van der Waals surface area contributed by atoms with Crippen molar-refractivity contribution in [2.45, 2.75) is 6.92 Å². The zero-order valence-corrected chi connectivity index (χ0v) is 11.6. The van der Waals surface area contributed by atoms with E-state index in [0.717, 1.165) is 0 Å². The zero-order chi connectivity index (χ0) is 15.0. The Morgan fingerprint density at radius 1 is 1.43 bits per heavy atom. The van der Waals surface area contributed by atoms with E-state index in [9.17, 15) is 4.39 Å². The fourth-order valence-electron chi connectivity index (χ4n) is 1.91. The minimum absolute atomic E-state index is 0.0851. The van der Waals surface area contributed by atoms with Gasteiger partial charge in [-0.25, -0.2) is 4.39 Å². The van der Waals surface area contributed by atoms with Crippen molar-refractivity contribution >= 4 is 28.9 Å². The molecule has 0 unspecified atom stereocenters. The lowest BCUT2D eigenvalue weighted by atomic mass is 10.2. The summed E-state index contributed by atoms with van der Waals surface area (Å²) in [6.07, 6.45) is 1.33. The highest BCUT2D eigenvalue weighted by atomic mass is 35.5. The number of fused-ring (bicyclic) bond motifs is 1. The Morgan fingerprint density at radius 3 is 3.00 bits per heavy atom. The number of halogens is 2. The summed E-state index contributed by atoms with van der Waals surface area (Å²) in [7, 11) is 0. The highest BCUT2D eigenvalue weighted by Gasteiger charge is 2.15. The number of nitrogens with one attached hydrogen (secondary N) is 1. The van der Waals surface area contributed by atoms with Crippen molar-refractivity contribution < 1.29 is 4.39 Å². The molecular weight excluding hydrogens is 295 g/mol. The van der Waals surface area contributed by atoms with Gasteiger partial charge in [0.2, 0.25) is 0 Å². The van der Waals surface area contributed by atoms with Crippen molar-refractivity contribution in [1.82, 2.24) is 19.6 Å². The summed E-state index contributed by atoms with van der Waals surface area (Å²) in [6, 6.07) is 6.16. The summed E-state index contributed by atoms with van der Waals surface area (Å²) in [5.41, 5.74) is 0.848. The standard InChI is InChI=1S/C13H8ClFN6/c1-7-11(14)20-13-17-6-18-21(13)12(7)19-10-4-2-3-9(15)8(10)5-16/h2-4,6,19H,1H3. The molecule has 1 aromatic carbocycles. The van der Waals surface area contributed by atoms with Gasteiger partial charge >= 0.3 is 0 Å². The lowest BCUT2D eigenvalue weighted by Crippen LogP contribution is -2.06. The van der Waals surface area contributed by atoms with Gasteiger partial charge in [0.1, 0.15) is 34.7 Å². The summed E-state index contributed by atoms with van der Waals surface area (Å²) >= 11 is 6.05. The third-order valence-electron chi connectivity index (χ3n) is 2.98. The maximum absolute atomic E-state index is 13.7. The van der Waals surface area contributed by atoms with E-state index in [1.807, 2.05) is 6.07 Å². The van der Waals surface area contributed by atoms with Gasteiger partial charge < -0.3 is 5.32 Å². The first-order valence-electron chi connectivity index (χ1n) is 5.93. The van der Waals surface area contributed by atoms with Gasteiger partial charge in [-0.05, 0) is 19.1 Å². The zero-order valence-electron chi connectivity index (χ0n) is 10.8. The molecule has 104 valence electrons. The maximum Gasteiger partial charge on any atom is 0.255 e. The minimum Gasteiger partial charge on any atom is -0.339 e. The number of nitriles is 1. The van der Waals surface area contributed by atoms with Crippen LogP contribution in [0.1, 0.15) is 11.1 Å². The van der Waals surface area contributed by atoms with E-state index < -0.39 is 5.82 Å². The van der Waals surface area contributed by atoms with Gasteiger partial charge in [0, 0.05) is 5.56 Å². The molecule has 2 heterocycles. The van der Waals surface area contributed by atoms with Crippen LogP contribution in [-0.2, 0) is 0 Å². The first-order valence-corrected chi connectivity index (χ1v) is 6.31. The number of hydrogen-bond donors (Lipinski definition) is 1. The van der Waals surface area contributed by atoms with Crippen LogP contribution in [0.2, 0.25) is 5.15 Å². The minimum atomic E-state index is -0.602. The predicted octanol–water partition coefficient (Wildman–Crippen LogP) is 2.84. The molecule has 8 heteroatoms. The number of anilines is 2. The number of hydrogen-bond acceptors (Lipinski definition) is 5. The Labute approximate surface area is 123 Å². The van der Waals surface area contributed by atoms with E-state index in [-0.39, 0.29) is 10.7 Å². The Morgan fingerprint density at radius 2 is 2.24 bits per heavy atom. The van der Waals surface area contributed by atoms with Crippen LogP contribution in [0.25, 0.3) is 5.78 Å². The molecule has 0 radical (unpaired) electrons. The van der Waals surface area contributed by atoms with E-state index in [1.165, 1.54) is 23.0 Å². The summed E-state index contributed by atoms with van der Waals surface area (Å²) in [6.45, 7) is 1.74. The van der Waals surface area contributed by atoms with E-state index in [1.54, 1.807) is 13.0 Å². The Balaban J connectivity index is 2.19. The summed E-state index contributed by atoms with van der Waals surface area (Å²) in [5.74, 6) is 0.183. The third-order valence-corrected chi connectivity index (χ3v) is 3.35. The lowest BCUT2D eigenvalue weighted by Gasteiger charge is -2.12. The second kappa shape index (κ2) is 5.00. The van der Waals surface area contributed by atoms with Crippen LogP contribution in [-0.4, -0.2) is 19.6 Å². The van der Waals surface area contributed by atoms with E-state index in [0.29, 0.717) is 22.8 Å². The molecule has 0 aliphatic carbocycles. The second-order valence-corrected chi connectivity index (χ2v) is 4.61. The van der Waals surface area contributed by atoms with Crippen molar-refractivity contribution in [3.8, 4) is 6.07 Å². The van der Waals surface area contributed by atoms with E-state index >= 15 is 0 Å². The molecule has 0 bridgehead atoms. The average molecular weight is 303 g/mol. The van der Waals surface area contributed by atoms with Crippen LogP contribution in [0.4, 0.5) is 15.9 Å². The molecule has 0 aliphatic rings. The van der Waals surface area contributed by atoms with Crippen molar-refractivity contribution in [3.63, 3.8) is 0 Å². The first-order chi connectivity index (χ1) is 10.1. The van der Waals surface area contributed by atoms with Crippen LogP contribution in [0, 0.1) is 24.1 Å². The molecule has 0 amide bonds. The monoisotopic (exact) mass is 302 g/mol. The number of nitrogens with zero attached hydrogens (tertiary/aromatic N) is 5. The highest BCUT2D eigenvalue weighted by Crippen LogP contribution is 2.27. The van der Waals surface area contributed by atoms with Gasteiger partial charge in [-0.3, -0.25) is 0 Å². The number of aromatic nitrogens is 4. The molecule has 2 aromatic heterocycles. The molecule has 3 rings (SSSR count). The molecular formula is C13H8ClFN6. The molecule has 6 nitrogen and oxygen atoms in total. The molecule has 0 saturated heterocycles. The molecule has 21 heavy (non-hydrogen) atoms. The summed E-state index contributed by atoms with van der Waals surface area (Å²) in [5, 5.41) is 16.3. The fourth-order valence-corrected chi connectivity index (χ4v) is 2.08. The van der Waals surface area contributed by atoms with Gasteiger partial charge in [-0.15, -0.1) is 0 Å². The van der Waals surface area contributed by atoms with Crippen LogP contribution < -0.4 is 5.32 Å². The fraction of sp³-hybridized carbons (Fsp3) is 0.0769. The predicted molar refractivity (Wildman–Crippen MR) is 74.9 cm³/mol. The smallest absolute Gasteiger partial charge is 0.255 e. The van der Waals surface area contributed by atoms with Crippen LogP contribution >= 0.6 is 11.6 Å². The number of benzene rings is 1. The second-order valence-electron chi connectivity index (χ2n) is 4.25. The SMILES string of the molecule is Cc1c(Cl)nc2ncnn2c1Nc1cccc(F)c1C#N. The Bertz CT molecular complexity index is 882. The van der Waals surface area contributed by atoms with E-state index in [2.05, 4.69) is 20.4 Å². The van der Waals surface area contributed by atoms with Crippen molar-refractivity contribution in [3.05, 3.63) is 46.6 Å². The Kier molecular flexibility index (Phi) is 3.16. The van der Waals surface area contributed by atoms with Crippen molar-refractivity contribution in [1.29, 1.82) is 5.26 Å². The van der Waals surface area contributed by atoms with Crippen molar-refractivity contribution in [2.24, 2.45) is 0 Å². The Hall–Kier alpha value is -2.72. The highest BCUT2D eigenvalue weighted by molar-refractivity contribution is 6.30. The van der Waals surface area contributed by atoms with E-state index in [4.69, 9.17) is 16.9 Å². The van der Waals surface area contributed by atoms with Crippen LogP contribution in [0.15, 0.2) is 24.5 Å². The van der Waals surface area contributed by atoms with Crippen LogP contribution in [0.3, 0.4) is 0 Å². The molecule has 0 spiro atoms. The third kappa shape index (κ3) is 2.15. The summed E-state index contributed by atoms with van der Waals surface area (Å²) < 4.78 is 15.1. The van der Waals surface area contributed by atoms with Gasteiger partial charge in [0.25, 0.3) is 5.78 Å². The molecule has 0 aliphatic heterocycles. The van der Waals surface area contributed by atoms with Gasteiger partial charge in [0.05, 0.1) is 5.69 Å². The molecule has 0 fully saturated rings. The molecule has 0 saturated carbocycles.